The average molecular weight is 426 g/mol. The number of ether oxygens (including phenoxy) is 1. The van der Waals surface area contributed by atoms with E-state index in [1.54, 1.807) is 18.2 Å². The lowest BCUT2D eigenvalue weighted by Crippen LogP contribution is -2.03. The highest BCUT2D eigenvalue weighted by Crippen LogP contribution is 2.38. The van der Waals surface area contributed by atoms with E-state index >= 15 is 0 Å². The van der Waals surface area contributed by atoms with Crippen LogP contribution in [0, 0.1) is 11.6 Å². The summed E-state index contributed by atoms with van der Waals surface area (Å²) in [6, 6.07) is 7.45. The fourth-order valence-corrected chi connectivity index (χ4v) is 3.59. The molecule has 0 aliphatic heterocycles. The molecule has 0 aliphatic carbocycles. The fraction of sp³-hybridized carbons (Fsp3) is 0.143. The topological polar surface area (TPSA) is 9.23 Å². The first kappa shape index (κ1) is 15.7. The molecule has 2 aromatic rings. The van der Waals surface area contributed by atoms with Crippen LogP contribution < -0.4 is 4.74 Å². The maximum absolute atomic E-state index is 14.0. The molecule has 0 saturated carbocycles. The Morgan fingerprint density at radius 3 is 2.20 bits per heavy atom. The molecule has 0 spiro atoms. The minimum Gasteiger partial charge on any atom is -0.497 e. The molecule has 1 nitrogen and oxygen atoms in total. The second-order valence-electron chi connectivity index (χ2n) is 4.03. The summed E-state index contributed by atoms with van der Waals surface area (Å²) in [6.45, 7) is 0. The third-order valence-electron chi connectivity index (χ3n) is 2.78. The van der Waals surface area contributed by atoms with E-state index in [9.17, 15) is 8.78 Å². The van der Waals surface area contributed by atoms with Crippen molar-refractivity contribution in [3.63, 3.8) is 0 Å². The first-order valence-electron chi connectivity index (χ1n) is 5.56. The van der Waals surface area contributed by atoms with Gasteiger partial charge in [-0.2, -0.15) is 0 Å². The van der Waals surface area contributed by atoms with E-state index in [0.717, 1.165) is 16.6 Å². The van der Waals surface area contributed by atoms with Crippen LogP contribution in [0.15, 0.2) is 39.3 Å². The molecule has 0 aromatic heterocycles. The van der Waals surface area contributed by atoms with Gasteiger partial charge in [0, 0.05) is 26.6 Å². The van der Waals surface area contributed by atoms with Crippen LogP contribution in [0.25, 0.3) is 0 Å². The van der Waals surface area contributed by atoms with E-state index in [4.69, 9.17) is 16.3 Å². The molecule has 2 aromatic carbocycles. The maximum atomic E-state index is 14.0. The minimum absolute atomic E-state index is 0.113. The van der Waals surface area contributed by atoms with Crippen molar-refractivity contribution in [2.45, 2.75) is 5.38 Å². The Kier molecular flexibility index (Phi) is 5.04. The normalized spacial score (nSPS) is 12.3. The molecule has 20 heavy (non-hydrogen) atoms. The summed E-state index contributed by atoms with van der Waals surface area (Å²) in [7, 11) is 1.34. The monoisotopic (exact) mass is 424 g/mol. The van der Waals surface area contributed by atoms with Crippen LogP contribution in [-0.4, -0.2) is 7.11 Å². The smallest absolute Gasteiger partial charge is 0.134 e. The second kappa shape index (κ2) is 6.41. The summed E-state index contributed by atoms with van der Waals surface area (Å²) >= 11 is 12.9. The molecule has 0 aliphatic rings. The number of hydrogen-bond donors (Lipinski definition) is 0. The van der Waals surface area contributed by atoms with Crippen molar-refractivity contribution in [3.05, 3.63) is 62.0 Å². The van der Waals surface area contributed by atoms with Gasteiger partial charge in [-0.25, -0.2) is 8.78 Å². The molecule has 0 saturated heterocycles. The summed E-state index contributed by atoms with van der Waals surface area (Å²) in [6.07, 6.45) is 0. The fourth-order valence-electron chi connectivity index (χ4n) is 1.78. The van der Waals surface area contributed by atoms with Gasteiger partial charge in [0.2, 0.25) is 0 Å². The summed E-state index contributed by atoms with van der Waals surface area (Å²) < 4.78 is 34.4. The summed E-state index contributed by atoms with van der Waals surface area (Å²) in [5.41, 5.74) is 0.383. The second-order valence-corrected chi connectivity index (χ2v) is 6.24. The molecule has 106 valence electrons. The van der Waals surface area contributed by atoms with Crippen LogP contribution in [0.2, 0.25) is 0 Å². The third kappa shape index (κ3) is 3.15. The Morgan fingerprint density at radius 2 is 1.70 bits per heavy atom. The van der Waals surface area contributed by atoms with E-state index < -0.39 is 17.0 Å². The van der Waals surface area contributed by atoms with Crippen molar-refractivity contribution in [1.82, 2.24) is 0 Å². The highest BCUT2D eigenvalue weighted by atomic mass is 79.9. The first-order valence-corrected chi connectivity index (χ1v) is 7.58. The lowest BCUT2D eigenvalue weighted by Gasteiger charge is -2.15. The van der Waals surface area contributed by atoms with E-state index in [2.05, 4.69) is 31.9 Å². The predicted molar refractivity (Wildman–Crippen MR) is 82.4 cm³/mol. The van der Waals surface area contributed by atoms with Gasteiger partial charge in [0.25, 0.3) is 0 Å². The van der Waals surface area contributed by atoms with Crippen molar-refractivity contribution in [1.29, 1.82) is 0 Å². The van der Waals surface area contributed by atoms with Gasteiger partial charge in [0.05, 0.1) is 12.5 Å². The maximum Gasteiger partial charge on any atom is 0.134 e. The molecular formula is C14H9Br2ClF2O. The predicted octanol–water partition coefficient (Wildman–Crippen LogP) is 5.83. The van der Waals surface area contributed by atoms with Gasteiger partial charge in [-0.3, -0.25) is 0 Å². The van der Waals surface area contributed by atoms with Gasteiger partial charge >= 0.3 is 0 Å². The van der Waals surface area contributed by atoms with Gasteiger partial charge in [0.1, 0.15) is 17.4 Å². The van der Waals surface area contributed by atoms with Crippen LogP contribution in [0.1, 0.15) is 16.5 Å². The zero-order valence-electron chi connectivity index (χ0n) is 10.3. The Labute approximate surface area is 137 Å². The van der Waals surface area contributed by atoms with Gasteiger partial charge in [0.15, 0.2) is 0 Å². The molecule has 6 heteroatoms. The van der Waals surface area contributed by atoms with E-state index in [-0.39, 0.29) is 11.3 Å². The number of alkyl halides is 1. The van der Waals surface area contributed by atoms with Crippen LogP contribution >= 0.6 is 43.5 Å². The Hall–Kier alpha value is -0.650. The van der Waals surface area contributed by atoms with E-state index in [1.165, 1.54) is 7.11 Å². The molecular weight excluding hydrogens is 417 g/mol. The first-order chi connectivity index (χ1) is 9.43. The van der Waals surface area contributed by atoms with Gasteiger partial charge in [-0.1, -0.05) is 37.9 Å². The largest absolute Gasteiger partial charge is 0.497 e. The molecule has 0 amide bonds. The van der Waals surface area contributed by atoms with Gasteiger partial charge < -0.3 is 4.74 Å². The molecule has 2 rings (SSSR count). The number of methoxy groups -OCH3 is 1. The zero-order chi connectivity index (χ0) is 14.9. The highest BCUT2D eigenvalue weighted by molar-refractivity contribution is 9.11. The highest BCUT2D eigenvalue weighted by Gasteiger charge is 2.23. The molecule has 0 bridgehead atoms. The molecule has 1 unspecified atom stereocenters. The van der Waals surface area contributed by atoms with Crippen molar-refractivity contribution in [2.24, 2.45) is 0 Å². The van der Waals surface area contributed by atoms with Crippen LogP contribution in [0.4, 0.5) is 8.78 Å². The summed E-state index contributed by atoms with van der Waals surface area (Å²) in [5, 5.41) is -0.941. The van der Waals surface area contributed by atoms with Crippen molar-refractivity contribution in [3.8, 4) is 5.75 Å². The SMILES string of the molecule is COc1cc(F)c(C(Cl)c2ccc(Br)cc2Br)c(F)c1. The Morgan fingerprint density at radius 1 is 1.10 bits per heavy atom. The van der Waals surface area contributed by atoms with Crippen molar-refractivity contribution >= 4 is 43.5 Å². The van der Waals surface area contributed by atoms with E-state index in [1.807, 2.05) is 0 Å². The third-order valence-corrected chi connectivity index (χ3v) is 4.41. The minimum atomic E-state index is -0.941. The molecule has 0 fully saturated rings. The van der Waals surface area contributed by atoms with Crippen molar-refractivity contribution in [2.75, 3.05) is 7.11 Å². The van der Waals surface area contributed by atoms with Crippen LogP contribution in [-0.2, 0) is 0 Å². The molecule has 0 N–H and O–H groups in total. The lowest BCUT2D eigenvalue weighted by molar-refractivity contribution is 0.405. The van der Waals surface area contributed by atoms with Crippen LogP contribution in [0.5, 0.6) is 5.75 Å². The number of halogens is 5. The number of rotatable bonds is 3. The number of benzene rings is 2. The summed E-state index contributed by atoms with van der Waals surface area (Å²) in [4.78, 5) is 0. The quantitative estimate of drug-likeness (QED) is 0.562. The lowest BCUT2D eigenvalue weighted by atomic mass is 10.0. The molecule has 1 atom stereocenters. The van der Waals surface area contributed by atoms with Crippen molar-refractivity contribution < 1.29 is 13.5 Å². The zero-order valence-corrected chi connectivity index (χ0v) is 14.2. The van der Waals surface area contributed by atoms with E-state index in [0.29, 0.717) is 10.0 Å². The average Bonchev–Trinajstić information content (AvgIpc) is 2.37. The van der Waals surface area contributed by atoms with Gasteiger partial charge in [-0.15, -0.1) is 11.6 Å². The molecule has 0 radical (unpaired) electrons. The Bertz CT molecular complexity index is 626. The van der Waals surface area contributed by atoms with Gasteiger partial charge in [-0.05, 0) is 17.7 Å². The number of hydrogen-bond acceptors (Lipinski definition) is 1. The standard InChI is InChI=1S/C14H9Br2ClF2O/c1-20-8-5-11(18)13(12(19)6-8)14(17)9-3-2-7(15)4-10(9)16/h2-6,14H,1H3. The van der Waals surface area contributed by atoms with Crippen LogP contribution in [0.3, 0.4) is 0 Å². The Balaban J connectivity index is 2.50. The summed E-state index contributed by atoms with van der Waals surface area (Å²) in [5.74, 6) is -1.36. The molecule has 0 heterocycles.